The second-order valence-corrected chi connectivity index (χ2v) is 4.49. The van der Waals surface area contributed by atoms with Gasteiger partial charge >= 0.3 is 0 Å². The third-order valence-electron chi connectivity index (χ3n) is 3.13. The van der Waals surface area contributed by atoms with Gasteiger partial charge in [-0.1, -0.05) is 29.8 Å². The molecule has 1 saturated carbocycles. The first-order chi connectivity index (χ1) is 7.28. The molecule has 0 aliphatic heterocycles. The smallest absolute Gasteiger partial charge is 0.0720 e. The van der Waals surface area contributed by atoms with E-state index in [2.05, 4.69) is 31.2 Å². The summed E-state index contributed by atoms with van der Waals surface area (Å²) in [6.45, 7) is 3.65. The molecule has 15 heavy (non-hydrogen) atoms. The van der Waals surface area contributed by atoms with Crippen LogP contribution >= 0.6 is 0 Å². The molecule has 0 radical (unpaired) electrons. The maximum absolute atomic E-state index is 5.78. The van der Waals surface area contributed by atoms with Gasteiger partial charge in [-0.2, -0.15) is 0 Å². The van der Waals surface area contributed by atoms with Gasteiger partial charge in [0, 0.05) is 0 Å². The predicted molar refractivity (Wildman–Crippen MR) is 61.5 cm³/mol. The molecule has 2 nitrogen and oxygen atoms in total. The Morgan fingerprint density at radius 1 is 1.27 bits per heavy atom. The Morgan fingerprint density at radius 2 is 1.93 bits per heavy atom. The highest BCUT2D eigenvalue weighted by Crippen LogP contribution is 2.29. The number of hydrogen-bond donors (Lipinski definition) is 1. The van der Waals surface area contributed by atoms with E-state index < -0.39 is 0 Å². The second kappa shape index (κ2) is 4.77. The van der Waals surface area contributed by atoms with Crippen molar-refractivity contribution in [2.45, 2.75) is 32.5 Å². The molecule has 1 aromatic carbocycles. The maximum Gasteiger partial charge on any atom is 0.0720 e. The Hall–Kier alpha value is -0.860. The Morgan fingerprint density at radius 3 is 2.53 bits per heavy atom. The minimum atomic E-state index is 0.444. The fraction of sp³-hybridized carbons (Fsp3) is 0.538. The van der Waals surface area contributed by atoms with E-state index in [1.165, 1.54) is 11.1 Å². The van der Waals surface area contributed by atoms with Gasteiger partial charge in [0.15, 0.2) is 0 Å². The van der Waals surface area contributed by atoms with Gasteiger partial charge in [0.2, 0.25) is 0 Å². The van der Waals surface area contributed by atoms with Crippen molar-refractivity contribution in [1.29, 1.82) is 0 Å². The van der Waals surface area contributed by atoms with Gasteiger partial charge < -0.3 is 10.5 Å². The topological polar surface area (TPSA) is 35.2 Å². The number of nitrogens with two attached hydrogens (primary N) is 1. The minimum Gasteiger partial charge on any atom is -0.374 e. The molecule has 0 spiro atoms. The molecule has 2 N–H and O–H groups in total. The van der Waals surface area contributed by atoms with Gasteiger partial charge in [0.1, 0.15) is 0 Å². The standard InChI is InChI=1S/C13H19NO/c1-10-2-4-11(5-3-10)9-15-13-6-12(7-13)8-14/h2-5,12-13H,6-9,14H2,1H3. The van der Waals surface area contributed by atoms with Gasteiger partial charge in [-0.05, 0) is 37.8 Å². The number of rotatable bonds is 4. The highest BCUT2D eigenvalue weighted by Gasteiger charge is 2.28. The summed E-state index contributed by atoms with van der Waals surface area (Å²) in [6, 6.07) is 8.52. The Kier molecular flexibility index (Phi) is 3.39. The van der Waals surface area contributed by atoms with Crippen LogP contribution in [0.4, 0.5) is 0 Å². The molecule has 0 bridgehead atoms. The van der Waals surface area contributed by atoms with Gasteiger partial charge in [-0.25, -0.2) is 0 Å². The van der Waals surface area contributed by atoms with Crippen molar-refractivity contribution in [3.8, 4) is 0 Å². The molecule has 0 heterocycles. The first-order valence-electron chi connectivity index (χ1n) is 5.65. The average Bonchev–Trinajstić information content (AvgIpc) is 2.19. The van der Waals surface area contributed by atoms with Crippen molar-refractivity contribution in [2.24, 2.45) is 11.7 Å². The van der Waals surface area contributed by atoms with Crippen LogP contribution in [0.25, 0.3) is 0 Å². The quantitative estimate of drug-likeness (QED) is 0.818. The highest BCUT2D eigenvalue weighted by molar-refractivity contribution is 5.20. The van der Waals surface area contributed by atoms with E-state index >= 15 is 0 Å². The number of hydrogen-bond acceptors (Lipinski definition) is 2. The van der Waals surface area contributed by atoms with Crippen LogP contribution in [-0.2, 0) is 11.3 Å². The molecule has 0 unspecified atom stereocenters. The van der Waals surface area contributed by atoms with E-state index in [4.69, 9.17) is 10.5 Å². The van der Waals surface area contributed by atoms with Gasteiger partial charge in [0.25, 0.3) is 0 Å². The van der Waals surface area contributed by atoms with Gasteiger partial charge in [0.05, 0.1) is 12.7 Å². The molecule has 82 valence electrons. The Balaban J connectivity index is 1.72. The lowest BCUT2D eigenvalue weighted by atomic mass is 9.82. The highest BCUT2D eigenvalue weighted by atomic mass is 16.5. The first-order valence-corrected chi connectivity index (χ1v) is 5.65. The van der Waals surface area contributed by atoms with Crippen LogP contribution in [0.15, 0.2) is 24.3 Å². The lowest BCUT2D eigenvalue weighted by molar-refractivity contribution is -0.0376. The lowest BCUT2D eigenvalue weighted by Crippen LogP contribution is -2.35. The van der Waals surface area contributed by atoms with Crippen molar-refractivity contribution in [2.75, 3.05) is 6.54 Å². The van der Waals surface area contributed by atoms with Crippen molar-refractivity contribution >= 4 is 0 Å². The van der Waals surface area contributed by atoms with E-state index in [0.717, 1.165) is 26.0 Å². The van der Waals surface area contributed by atoms with E-state index in [9.17, 15) is 0 Å². The van der Waals surface area contributed by atoms with Crippen LogP contribution in [-0.4, -0.2) is 12.6 Å². The zero-order valence-corrected chi connectivity index (χ0v) is 9.28. The van der Waals surface area contributed by atoms with E-state index in [1.807, 2.05) is 0 Å². The molecule has 0 saturated heterocycles. The van der Waals surface area contributed by atoms with E-state index in [0.29, 0.717) is 12.0 Å². The summed E-state index contributed by atoms with van der Waals surface area (Å²) < 4.78 is 5.78. The molecule has 1 fully saturated rings. The summed E-state index contributed by atoms with van der Waals surface area (Å²) in [5.41, 5.74) is 8.12. The summed E-state index contributed by atoms with van der Waals surface area (Å²) in [6.07, 6.45) is 2.73. The summed E-state index contributed by atoms with van der Waals surface area (Å²) in [4.78, 5) is 0. The lowest BCUT2D eigenvalue weighted by Gasteiger charge is -2.34. The van der Waals surface area contributed by atoms with Crippen LogP contribution in [0, 0.1) is 12.8 Å². The van der Waals surface area contributed by atoms with Crippen LogP contribution in [0.2, 0.25) is 0 Å². The molecule has 1 aliphatic rings. The summed E-state index contributed by atoms with van der Waals surface area (Å²) in [5.74, 6) is 0.702. The molecule has 0 aromatic heterocycles. The molecule has 0 atom stereocenters. The number of benzene rings is 1. The van der Waals surface area contributed by atoms with Crippen LogP contribution < -0.4 is 5.73 Å². The SMILES string of the molecule is Cc1ccc(COC2CC(CN)C2)cc1. The fourth-order valence-electron chi connectivity index (χ4n) is 1.90. The van der Waals surface area contributed by atoms with Gasteiger partial charge in [-0.3, -0.25) is 0 Å². The van der Waals surface area contributed by atoms with E-state index in [-0.39, 0.29) is 0 Å². The Labute approximate surface area is 91.4 Å². The zero-order valence-electron chi connectivity index (χ0n) is 9.28. The molecular weight excluding hydrogens is 186 g/mol. The van der Waals surface area contributed by atoms with Crippen LogP contribution in [0.1, 0.15) is 24.0 Å². The maximum atomic E-state index is 5.78. The summed E-state index contributed by atoms with van der Waals surface area (Å²) in [7, 11) is 0. The molecular formula is C13H19NO. The third kappa shape index (κ3) is 2.80. The summed E-state index contributed by atoms with van der Waals surface area (Å²) in [5, 5.41) is 0. The third-order valence-corrected chi connectivity index (χ3v) is 3.13. The number of ether oxygens (including phenoxy) is 1. The fourth-order valence-corrected chi connectivity index (χ4v) is 1.90. The Bertz CT molecular complexity index is 301. The second-order valence-electron chi connectivity index (χ2n) is 4.49. The van der Waals surface area contributed by atoms with Crippen molar-refractivity contribution in [3.05, 3.63) is 35.4 Å². The van der Waals surface area contributed by atoms with Crippen LogP contribution in [0.3, 0.4) is 0 Å². The first kappa shape index (κ1) is 10.7. The minimum absolute atomic E-state index is 0.444. The number of aryl methyl sites for hydroxylation is 1. The zero-order chi connectivity index (χ0) is 10.7. The van der Waals surface area contributed by atoms with Gasteiger partial charge in [-0.15, -0.1) is 0 Å². The monoisotopic (exact) mass is 205 g/mol. The molecule has 0 amide bonds. The molecule has 1 aliphatic carbocycles. The van der Waals surface area contributed by atoms with Crippen LogP contribution in [0.5, 0.6) is 0 Å². The van der Waals surface area contributed by atoms with Crippen molar-refractivity contribution < 1.29 is 4.74 Å². The molecule has 2 heteroatoms. The molecule has 2 rings (SSSR count). The largest absolute Gasteiger partial charge is 0.374 e. The van der Waals surface area contributed by atoms with Crippen molar-refractivity contribution in [3.63, 3.8) is 0 Å². The normalized spacial score (nSPS) is 24.9. The summed E-state index contributed by atoms with van der Waals surface area (Å²) >= 11 is 0. The molecule has 1 aromatic rings. The van der Waals surface area contributed by atoms with Crippen molar-refractivity contribution in [1.82, 2.24) is 0 Å². The average molecular weight is 205 g/mol. The predicted octanol–water partition coefficient (Wildman–Crippen LogP) is 2.25. The van der Waals surface area contributed by atoms with E-state index in [1.54, 1.807) is 0 Å².